The molecule has 0 bridgehead atoms. The summed E-state index contributed by atoms with van der Waals surface area (Å²) < 4.78 is 0. The van der Waals surface area contributed by atoms with Gasteiger partial charge in [0.25, 0.3) is 5.91 Å². The van der Waals surface area contributed by atoms with Crippen LogP contribution in [0, 0.1) is 0 Å². The first-order chi connectivity index (χ1) is 9.10. The van der Waals surface area contributed by atoms with Crippen molar-refractivity contribution in [3.05, 3.63) is 45.6 Å². The van der Waals surface area contributed by atoms with E-state index < -0.39 is 0 Å². The monoisotopic (exact) mass is 297 g/mol. The zero-order valence-electron chi connectivity index (χ0n) is 10.3. The molecule has 0 aliphatic carbocycles. The molecule has 1 amide bonds. The summed E-state index contributed by atoms with van der Waals surface area (Å²) in [6.45, 7) is 2.08. The first-order valence-corrected chi connectivity index (χ1v) is 6.66. The topological polar surface area (TPSA) is 57.8 Å². The number of nitrogens with one attached hydrogen (secondary N) is 2. The maximum atomic E-state index is 12.0. The van der Waals surface area contributed by atoms with E-state index in [1.54, 1.807) is 12.1 Å². The SMILES string of the molecule is CCCc1cc(NC(=O)c2ccc(Cl)c(Cl)c2)n[nH]1. The highest BCUT2D eigenvalue weighted by Crippen LogP contribution is 2.23. The number of aromatic amines is 1. The van der Waals surface area contributed by atoms with Gasteiger partial charge in [-0.1, -0.05) is 36.5 Å². The highest BCUT2D eigenvalue weighted by Gasteiger charge is 2.10. The fraction of sp³-hybridized carbons (Fsp3) is 0.231. The van der Waals surface area contributed by atoms with Crippen LogP contribution in [0.5, 0.6) is 0 Å². The van der Waals surface area contributed by atoms with Crippen molar-refractivity contribution >= 4 is 34.9 Å². The van der Waals surface area contributed by atoms with Gasteiger partial charge in [-0.2, -0.15) is 5.10 Å². The summed E-state index contributed by atoms with van der Waals surface area (Å²) >= 11 is 11.7. The molecule has 0 atom stereocenters. The van der Waals surface area contributed by atoms with Crippen LogP contribution in [0.15, 0.2) is 24.3 Å². The van der Waals surface area contributed by atoms with Crippen molar-refractivity contribution < 1.29 is 4.79 Å². The van der Waals surface area contributed by atoms with Gasteiger partial charge in [-0.05, 0) is 24.6 Å². The lowest BCUT2D eigenvalue weighted by atomic mass is 10.2. The number of benzene rings is 1. The predicted octanol–water partition coefficient (Wildman–Crippen LogP) is 3.92. The number of halogens is 2. The van der Waals surface area contributed by atoms with Crippen LogP contribution in [0.1, 0.15) is 29.4 Å². The standard InChI is InChI=1S/C13H13Cl2N3O/c1-2-3-9-7-12(18-17-9)16-13(19)8-4-5-10(14)11(15)6-8/h4-7H,2-3H2,1H3,(H2,16,17,18,19). The van der Waals surface area contributed by atoms with Gasteiger partial charge in [-0.15, -0.1) is 0 Å². The zero-order chi connectivity index (χ0) is 13.8. The Balaban J connectivity index is 2.09. The summed E-state index contributed by atoms with van der Waals surface area (Å²) in [6, 6.07) is 6.55. The van der Waals surface area contributed by atoms with E-state index in [1.165, 1.54) is 6.07 Å². The van der Waals surface area contributed by atoms with Crippen LogP contribution in [0.2, 0.25) is 10.0 Å². The first-order valence-electron chi connectivity index (χ1n) is 5.91. The Labute approximate surface area is 121 Å². The Morgan fingerprint density at radius 2 is 2.11 bits per heavy atom. The van der Waals surface area contributed by atoms with Crippen molar-refractivity contribution in [3.63, 3.8) is 0 Å². The summed E-state index contributed by atoms with van der Waals surface area (Å²) in [7, 11) is 0. The minimum absolute atomic E-state index is 0.270. The average molecular weight is 298 g/mol. The van der Waals surface area contributed by atoms with E-state index in [0.29, 0.717) is 21.4 Å². The summed E-state index contributed by atoms with van der Waals surface area (Å²) in [4.78, 5) is 12.0. The third-order valence-corrected chi connectivity index (χ3v) is 3.31. The van der Waals surface area contributed by atoms with Crippen molar-refractivity contribution in [2.45, 2.75) is 19.8 Å². The second-order valence-corrected chi connectivity index (χ2v) is 4.93. The Hall–Kier alpha value is -1.52. The second-order valence-electron chi connectivity index (χ2n) is 4.11. The van der Waals surface area contributed by atoms with E-state index in [2.05, 4.69) is 22.4 Å². The summed E-state index contributed by atoms with van der Waals surface area (Å²) in [5.41, 5.74) is 1.43. The third-order valence-electron chi connectivity index (χ3n) is 2.57. The van der Waals surface area contributed by atoms with Gasteiger partial charge in [0.1, 0.15) is 0 Å². The van der Waals surface area contributed by atoms with E-state index in [9.17, 15) is 4.79 Å². The molecule has 0 aliphatic rings. The van der Waals surface area contributed by atoms with Crippen LogP contribution in [0.25, 0.3) is 0 Å². The fourth-order valence-corrected chi connectivity index (χ4v) is 1.95. The number of hydrogen-bond acceptors (Lipinski definition) is 2. The van der Waals surface area contributed by atoms with Crippen molar-refractivity contribution in [2.24, 2.45) is 0 Å². The molecule has 6 heteroatoms. The van der Waals surface area contributed by atoms with Gasteiger partial charge in [0.2, 0.25) is 0 Å². The molecule has 1 aromatic heterocycles. The normalized spacial score (nSPS) is 10.5. The lowest BCUT2D eigenvalue weighted by molar-refractivity contribution is 0.102. The largest absolute Gasteiger partial charge is 0.305 e. The maximum absolute atomic E-state index is 12.0. The molecule has 2 rings (SSSR count). The van der Waals surface area contributed by atoms with Gasteiger partial charge in [0.05, 0.1) is 10.0 Å². The minimum atomic E-state index is -0.270. The number of aromatic nitrogens is 2. The molecular weight excluding hydrogens is 285 g/mol. The quantitative estimate of drug-likeness (QED) is 0.898. The molecule has 0 saturated carbocycles. The first kappa shape index (κ1) is 13.9. The molecule has 19 heavy (non-hydrogen) atoms. The van der Waals surface area contributed by atoms with Crippen molar-refractivity contribution in [1.29, 1.82) is 0 Å². The number of amides is 1. The lowest BCUT2D eigenvalue weighted by Gasteiger charge is -2.03. The van der Waals surface area contributed by atoms with E-state index >= 15 is 0 Å². The number of anilines is 1. The van der Waals surface area contributed by atoms with E-state index in [-0.39, 0.29) is 5.91 Å². The van der Waals surface area contributed by atoms with Gasteiger partial charge < -0.3 is 5.32 Å². The molecule has 100 valence electrons. The Bertz CT molecular complexity index is 595. The summed E-state index contributed by atoms with van der Waals surface area (Å²) in [6.07, 6.45) is 1.91. The third kappa shape index (κ3) is 3.49. The molecule has 0 saturated heterocycles. The van der Waals surface area contributed by atoms with Crippen LogP contribution in [-0.2, 0) is 6.42 Å². The van der Waals surface area contributed by atoms with Crippen LogP contribution in [0.4, 0.5) is 5.82 Å². The van der Waals surface area contributed by atoms with Crippen molar-refractivity contribution in [2.75, 3.05) is 5.32 Å². The van der Waals surface area contributed by atoms with Crippen molar-refractivity contribution in [1.82, 2.24) is 10.2 Å². The highest BCUT2D eigenvalue weighted by atomic mass is 35.5. The number of rotatable bonds is 4. The van der Waals surface area contributed by atoms with Crippen LogP contribution < -0.4 is 5.32 Å². The Kier molecular flexibility index (Phi) is 4.45. The van der Waals surface area contributed by atoms with E-state index in [0.717, 1.165) is 18.5 Å². The number of carbonyl (C=O) groups is 1. The van der Waals surface area contributed by atoms with Gasteiger partial charge in [0, 0.05) is 17.3 Å². The molecule has 4 nitrogen and oxygen atoms in total. The molecule has 1 heterocycles. The van der Waals surface area contributed by atoms with Crippen LogP contribution in [0.3, 0.4) is 0 Å². The number of nitrogens with zero attached hydrogens (tertiary/aromatic N) is 1. The van der Waals surface area contributed by atoms with Gasteiger partial charge in [0.15, 0.2) is 5.82 Å². The van der Waals surface area contributed by atoms with Crippen LogP contribution in [-0.4, -0.2) is 16.1 Å². The minimum Gasteiger partial charge on any atom is -0.305 e. The lowest BCUT2D eigenvalue weighted by Crippen LogP contribution is -2.12. The summed E-state index contributed by atoms with van der Waals surface area (Å²) in [5, 5.41) is 10.4. The average Bonchev–Trinajstić information content (AvgIpc) is 2.80. The Morgan fingerprint density at radius 1 is 1.32 bits per heavy atom. The maximum Gasteiger partial charge on any atom is 0.256 e. The number of H-pyrrole nitrogens is 1. The molecule has 1 aromatic carbocycles. The molecule has 0 spiro atoms. The second kappa shape index (κ2) is 6.08. The van der Waals surface area contributed by atoms with Gasteiger partial charge in [-0.25, -0.2) is 0 Å². The summed E-state index contributed by atoms with van der Waals surface area (Å²) in [5.74, 6) is 0.229. The Morgan fingerprint density at radius 3 is 2.79 bits per heavy atom. The molecule has 2 N–H and O–H groups in total. The van der Waals surface area contributed by atoms with E-state index in [4.69, 9.17) is 23.2 Å². The molecule has 2 aromatic rings. The van der Waals surface area contributed by atoms with E-state index in [1.807, 2.05) is 6.07 Å². The predicted molar refractivity (Wildman–Crippen MR) is 77.0 cm³/mol. The van der Waals surface area contributed by atoms with Gasteiger partial charge in [-0.3, -0.25) is 9.89 Å². The molecule has 0 fully saturated rings. The van der Waals surface area contributed by atoms with Gasteiger partial charge >= 0.3 is 0 Å². The molecule has 0 radical (unpaired) electrons. The fourth-order valence-electron chi connectivity index (χ4n) is 1.65. The molecule has 0 aliphatic heterocycles. The number of hydrogen-bond donors (Lipinski definition) is 2. The van der Waals surface area contributed by atoms with Crippen molar-refractivity contribution in [3.8, 4) is 0 Å². The van der Waals surface area contributed by atoms with Crippen LogP contribution >= 0.6 is 23.2 Å². The smallest absolute Gasteiger partial charge is 0.256 e. The molecular formula is C13H13Cl2N3O. The zero-order valence-corrected chi connectivity index (χ0v) is 11.8. The molecule has 0 unspecified atom stereocenters. The number of carbonyl (C=O) groups excluding carboxylic acids is 1. The highest BCUT2D eigenvalue weighted by molar-refractivity contribution is 6.42. The number of aryl methyl sites for hydroxylation is 1.